The van der Waals surface area contributed by atoms with Crippen molar-refractivity contribution >= 4 is 29.1 Å². The Labute approximate surface area is 115 Å². The molecule has 10 heteroatoms. The number of anilines is 1. The molecule has 0 radical (unpaired) electrons. The molecule has 0 aliphatic carbocycles. The van der Waals surface area contributed by atoms with Crippen LogP contribution in [0.15, 0.2) is 18.2 Å². The summed E-state index contributed by atoms with van der Waals surface area (Å²) in [4.78, 5) is 20.8. The number of non-ortho nitro benzene ring substituents is 1. The Morgan fingerprint density at radius 1 is 1.45 bits per heavy atom. The molecule has 1 rings (SSSR count). The van der Waals surface area contributed by atoms with Crippen LogP contribution in [0.3, 0.4) is 0 Å². The van der Waals surface area contributed by atoms with Crippen LogP contribution in [0.4, 0.5) is 24.5 Å². The van der Waals surface area contributed by atoms with Crippen LogP contribution >= 0.6 is 11.8 Å². The molecule has 0 unspecified atom stereocenters. The lowest BCUT2D eigenvalue weighted by atomic mass is 10.1. The van der Waals surface area contributed by atoms with Crippen LogP contribution in [0.25, 0.3) is 0 Å². The van der Waals surface area contributed by atoms with Gasteiger partial charge in [0, 0.05) is 24.4 Å². The second-order valence-corrected chi connectivity index (χ2v) is 4.67. The van der Waals surface area contributed by atoms with E-state index in [1.165, 1.54) is 0 Å². The van der Waals surface area contributed by atoms with Gasteiger partial charge in [-0.1, -0.05) is 0 Å². The van der Waals surface area contributed by atoms with Crippen molar-refractivity contribution in [2.45, 2.75) is 5.51 Å². The van der Waals surface area contributed by atoms with Crippen molar-refractivity contribution in [2.75, 3.05) is 17.6 Å². The maximum absolute atomic E-state index is 11.9. The Hall–Kier alpha value is -1.97. The van der Waals surface area contributed by atoms with Gasteiger partial charge in [0.25, 0.3) is 5.69 Å². The number of nitrogens with one attached hydrogen (secondary N) is 1. The number of nitrogens with zero attached hydrogens (tertiary/aromatic N) is 1. The maximum atomic E-state index is 11.9. The number of carboxylic acids is 1. The molecule has 0 bridgehead atoms. The van der Waals surface area contributed by atoms with Crippen molar-refractivity contribution in [1.29, 1.82) is 0 Å². The molecule has 0 spiro atoms. The minimum atomic E-state index is -4.38. The number of halogens is 3. The van der Waals surface area contributed by atoms with Gasteiger partial charge in [0.05, 0.1) is 16.2 Å². The Morgan fingerprint density at radius 3 is 2.60 bits per heavy atom. The number of benzene rings is 1. The minimum Gasteiger partial charge on any atom is -0.478 e. The van der Waals surface area contributed by atoms with Crippen molar-refractivity contribution in [3.05, 3.63) is 33.9 Å². The molecule has 0 heterocycles. The molecule has 6 nitrogen and oxygen atoms in total. The van der Waals surface area contributed by atoms with Crippen LogP contribution in [-0.2, 0) is 0 Å². The van der Waals surface area contributed by atoms with Crippen LogP contribution in [0.1, 0.15) is 10.4 Å². The predicted molar refractivity (Wildman–Crippen MR) is 67.1 cm³/mol. The van der Waals surface area contributed by atoms with Crippen molar-refractivity contribution in [2.24, 2.45) is 0 Å². The number of carboxylic acid groups (broad SMARTS) is 1. The van der Waals surface area contributed by atoms with Crippen molar-refractivity contribution in [3.8, 4) is 0 Å². The molecule has 0 saturated carbocycles. The lowest BCUT2D eigenvalue weighted by Crippen LogP contribution is -2.12. The van der Waals surface area contributed by atoms with Gasteiger partial charge in [-0.3, -0.25) is 10.1 Å². The third kappa shape index (κ3) is 4.96. The first-order valence-corrected chi connectivity index (χ1v) is 6.15. The quantitative estimate of drug-likeness (QED) is 0.477. The van der Waals surface area contributed by atoms with E-state index in [9.17, 15) is 28.1 Å². The summed E-state index contributed by atoms with van der Waals surface area (Å²) in [6.45, 7) is -0.175. The van der Waals surface area contributed by atoms with Crippen molar-refractivity contribution in [1.82, 2.24) is 0 Å². The van der Waals surface area contributed by atoms with Gasteiger partial charge in [-0.15, -0.1) is 0 Å². The largest absolute Gasteiger partial charge is 0.478 e. The number of rotatable bonds is 6. The van der Waals surface area contributed by atoms with E-state index in [1.54, 1.807) is 0 Å². The van der Waals surface area contributed by atoms with Crippen LogP contribution in [0.5, 0.6) is 0 Å². The highest BCUT2D eigenvalue weighted by molar-refractivity contribution is 8.00. The molecule has 0 aliphatic heterocycles. The van der Waals surface area contributed by atoms with Gasteiger partial charge in [-0.05, 0) is 17.8 Å². The van der Waals surface area contributed by atoms with Gasteiger partial charge >= 0.3 is 11.5 Å². The second kappa shape index (κ2) is 6.46. The van der Waals surface area contributed by atoms with Gasteiger partial charge in [-0.25, -0.2) is 4.79 Å². The molecule has 0 amide bonds. The van der Waals surface area contributed by atoms with Crippen molar-refractivity contribution in [3.63, 3.8) is 0 Å². The fourth-order valence-electron chi connectivity index (χ4n) is 1.33. The number of hydrogen-bond donors (Lipinski definition) is 2. The number of nitro groups is 1. The predicted octanol–water partition coefficient (Wildman–Crippen LogP) is 2.96. The van der Waals surface area contributed by atoms with Gasteiger partial charge < -0.3 is 10.4 Å². The topological polar surface area (TPSA) is 92.5 Å². The van der Waals surface area contributed by atoms with E-state index >= 15 is 0 Å². The zero-order chi connectivity index (χ0) is 15.3. The molecule has 20 heavy (non-hydrogen) atoms. The van der Waals surface area contributed by atoms with E-state index < -0.39 is 16.4 Å². The third-order valence-electron chi connectivity index (χ3n) is 2.13. The number of hydrogen-bond acceptors (Lipinski definition) is 5. The first-order valence-electron chi connectivity index (χ1n) is 5.17. The minimum absolute atomic E-state index is 0.0884. The van der Waals surface area contributed by atoms with E-state index in [4.69, 9.17) is 5.11 Å². The monoisotopic (exact) mass is 310 g/mol. The number of aromatic carboxylic acids is 1. The third-order valence-corrected chi connectivity index (χ3v) is 2.86. The number of thioether (sulfide) groups is 1. The van der Waals surface area contributed by atoms with E-state index in [1.807, 2.05) is 0 Å². The fourth-order valence-corrected chi connectivity index (χ4v) is 1.77. The summed E-state index contributed by atoms with van der Waals surface area (Å²) in [5.41, 5.74) is -5.05. The van der Waals surface area contributed by atoms with Gasteiger partial charge in [0.15, 0.2) is 0 Å². The summed E-state index contributed by atoms with van der Waals surface area (Å²) in [5.74, 6) is -1.67. The first kappa shape index (κ1) is 16.1. The lowest BCUT2D eigenvalue weighted by Gasteiger charge is -2.10. The van der Waals surface area contributed by atoms with Gasteiger partial charge in [0.2, 0.25) is 0 Å². The molecule has 1 aromatic rings. The summed E-state index contributed by atoms with van der Waals surface area (Å²) < 4.78 is 35.7. The van der Waals surface area contributed by atoms with Gasteiger partial charge in [-0.2, -0.15) is 13.2 Å². The molecular formula is C10H9F3N2O4S. The number of alkyl halides is 3. The summed E-state index contributed by atoms with van der Waals surface area (Å²) in [6.07, 6.45) is 0. The van der Waals surface area contributed by atoms with E-state index in [0.717, 1.165) is 18.2 Å². The van der Waals surface area contributed by atoms with Crippen molar-refractivity contribution < 1.29 is 28.0 Å². The Kier molecular flexibility index (Phi) is 5.19. The molecule has 2 N–H and O–H groups in total. The highest BCUT2D eigenvalue weighted by Crippen LogP contribution is 2.30. The molecule has 0 aliphatic rings. The smallest absolute Gasteiger partial charge is 0.441 e. The highest BCUT2D eigenvalue weighted by atomic mass is 32.2. The average molecular weight is 310 g/mol. The Bertz CT molecular complexity index is 522. The fraction of sp³-hybridized carbons (Fsp3) is 0.300. The Balaban J connectivity index is 2.78. The zero-order valence-electron chi connectivity index (χ0n) is 9.81. The van der Waals surface area contributed by atoms with E-state index in [2.05, 4.69) is 5.32 Å². The van der Waals surface area contributed by atoms with Gasteiger partial charge in [0.1, 0.15) is 0 Å². The Morgan fingerprint density at radius 2 is 2.10 bits per heavy atom. The molecule has 1 aromatic carbocycles. The summed E-state index contributed by atoms with van der Waals surface area (Å²) in [5, 5.41) is 21.9. The average Bonchev–Trinajstić information content (AvgIpc) is 2.33. The maximum Gasteiger partial charge on any atom is 0.441 e. The molecular weight excluding hydrogens is 301 g/mol. The summed E-state index contributed by atoms with van der Waals surface area (Å²) in [6, 6.07) is 3.01. The van der Waals surface area contributed by atoms with Crippen LogP contribution < -0.4 is 5.32 Å². The number of nitro benzene ring substituents is 1. The summed E-state index contributed by atoms with van der Waals surface area (Å²) in [7, 11) is 0. The molecule has 0 fully saturated rings. The summed E-state index contributed by atoms with van der Waals surface area (Å²) >= 11 is -0.266. The van der Waals surface area contributed by atoms with E-state index in [-0.39, 0.29) is 41.0 Å². The molecule has 110 valence electrons. The molecule has 0 atom stereocenters. The molecule has 0 saturated heterocycles. The van der Waals surface area contributed by atoms with Crippen LogP contribution in [0.2, 0.25) is 0 Å². The molecule has 0 aromatic heterocycles. The zero-order valence-corrected chi connectivity index (χ0v) is 10.6. The first-order chi connectivity index (χ1) is 9.20. The number of carbonyl (C=O) groups is 1. The lowest BCUT2D eigenvalue weighted by molar-refractivity contribution is -0.384. The standard InChI is InChI=1S/C10H9F3N2O4S/c11-10(12,13)20-4-3-14-8-5-6(15(18)19)1-2-7(8)9(16)17/h1-2,5,14H,3-4H2,(H,16,17). The van der Waals surface area contributed by atoms with E-state index in [0.29, 0.717) is 0 Å². The second-order valence-electron chi connectivity index (χ2n) is 3.51. The van der Waals surface area contributed by atoms with Crippen LogP contribution in [-0.4, -0.2) is 33.8 Å². The highest BCUT2D eigenvalue weighted by Gasteiger charge is 2.27. The van der Waals surface area contributed by atoms with Crippen LogP contribution in [0, 0.1) is 10.1 Å². The SMILES string of the molecule is O=C(O)c1ccc([N+](=O)[O-])cc1NCCSC(F)(F)F. The normalized spacial score (nSPS) is 11.2.